The summed E-state index contributed by atoms with van der Waals surface area (Å²) in [4.78, 5) is 35.3. The molecule has 0 bridgehead atoms. The molecule has 147 heavy (non-hydrogen) atoms. The van der Waals surface area contributed by atoms with E-state index in [-0.39, 0.29) is 122 Å². The summed E-state index contributed by atoms with van der Waals surface area (Å²) in [5.74, 6) is 0. The van der Waals surface area contributed by atoms with Crippen LogP contribution in [0.25, 0.3) is 146 Å². The molecule has 0 N–H and O–H groups in total. The molecule has 737 valence electrons. The molecule has 0 spiro atoms. The Morgan fingerprint density at radius 3 is 0.728 bits per heavy atom. The van der Waals surface area contributed by atoms with Crippen molar-refractivity contribution in [1.29, 1.82) is 0 Å². The number of aryl methyl sites for hydroxylation is 4. The molecule has 4 aliphatic rings. The monoisotopic (exact) mass is 2790 g/mol. The van der Waals surface area contributed by atoms with Crippen LogP contribution in [0.2, 0.25) is 0 Å². The summed E-state index contributed by atoms with van der Waals surface area (Å²) < 4.78 is 0. The largest absolute Gasteiger partial charge is 0.305 e. The summed E-state index contributed by atoms with van der Waals surface area (Å²) in [6.45, 7) is 26.7. The van der Waals surface area contributed by atoms with E-state index in [4.69, 9.17) is 0 Å². The predicted molar refractivity (Wildman–Crippen MR) is 583 cm³/mol. The molecule has 0 atom stereocenters. The number of nitrogens with zero attached hydrogens (tertiary/aromatic N) is 8. The van der Waals surface area contributed by atoms with Gasteiger partial charge < -0.3 is 39.9 Å². The quantitative estimate of drug-likeness (QED) is 0.132. The van der Waals surface area contributed by atoms with Crippen LogP contribution in [-0.2, 0) is 122 Å². The van der Waals surface area contributed by atoms with Crippen molar-refractivity contribution < 1.29 is 101 Å². The van der Waals surface area contributed by atoms with Crippen LogP contribution in [0.4, 0.5) is 0 Å². The van der Waals surface area contributed by atoms with E-state index in [9.17, 15) is 0 Å². The third kappa shape index (κ3) is 24.9. The van der Waals surface area contributed by atoms with Gasteiger partial charge in [-0.05, 0) is 171 Å². The Balaban J connectivity index is 0.000000141. The van der Waals surface area contributed by atoms with E-state index in [1.807, 2.05) is 243 Å². The van der Waals surface area contributed by atoms with Gasteiger partial charge in [-0.15, -0.1) is 261 Å². The average molecular weight is 2790 g/mol. The molecule has 0 aliphatic heterocycles. The molecule has 0 amide bonds. The summed E-state index contributed by atoms with van der Waals surface area (Å²) in [7, 11) is 0. The zero-order valence-electron chi connectivity index (χ0n) is 83.8. The second-order valence-corrected chi connectivity index (χ2v) is 37.6. The van der Waals surface area contributed by atoms with E-state index in [0.29, 0.717) is 0 Å². The fourth-order valence-electron chi connectivity index (χ4n) is 19.3. The molecule has 13 heteroatoms. The first-order chi connectivity index (χ1) is 69.2. The molecule has 0 unspecified atom stereocenters. The SMILES string of the molecule is CC1(C)c2ccccc2-c2c[c-]c(-c3ccccn3)cc21.CC1(C)c2ccccc2-c2c[c-]c(-c3ccccn3)cc21.Cc1cc(-c2[c-]cccc2)ncc1-c1ccccc1.Cc1cccnc1-c1[c-]cc2c(c1)C(C)(C)c1ccccc1-2.Cc1cccnc1-c1[c-]cc2c(c1)C(C)(C)c1ccccc1-2.Cc1cccnc1-c1[c-]cccc1.[Ir].[Ir].[Ir].[Ir].[Ir].[c-]1ccccc1-c1ccccn1.[c-]1ccccc1-c1ccccn1. The Kier molecular flexibility index (Phi) is 38.1. The Morgan fingerprint density at radius 1 is 0.177 bits per heavy atom. The maximum Gasteiger partial charge on any atom is 0.0242 e. The summed E-state index contributed by atoms with van der Waals surface area (Å²) in [5.41, 5.74) is 45.3. The number of benzene rings is 13. The van der Waals surface area contributed by atoms with Crippen molar-refractivity contribution in [2.75, 3.05) is 0 Å². The Hall–Kier alpha value is -13.7. The van der Waals surface area contributed by atoms with Gasteiger partial charge in [0.1, 0.15) is 0 Å². The summed E-state index contributed by atoms with van der Waals surface area (Å²) >= 11 is 0. The second kappa shape index (κ2) is 50.6. The Bertz CT molecular complexity index is 7480. The van der Waals surface area contributed by atoms with Gasteiger partial charge in [0.15, 0.2) is 0 Å². The first-order valence-electron chi connectivity index (χ1n) is 48.1. The fraction of sp³-hybridized carbons (Fsp3) is 0.119. The standard InChI is InChI=1S/2C21H18N.2C20H16N.C18H14N.C12H10N.2C11H8N.5Ir/c2*1-14-7-6-12-22-20(14)15-10-11-17-16-8-4-5-9-18(16)21(2,3)19(17)13-15;2*1-20(2)17-8-4-3-7-15(17)16-11-10-14(13-18(16)20)19-9-5-6-12-21-19;1-14-12-18(16-10-6-3-7-11-16)19-13-17(14)15-8-4-2-5-9-15;1-10-6-5-9-13-12(10)11-7-3-2-4-8-11;2*1-2-6-10(7-3-1)11-8-4-5-9-12-11;;;;;/h2*4-9,11-13H,1-3H3;2*3-9,11-13H,1-2H3;2-10,12-13H,1H3;2-7,9H,1H3;2*1-6,8-9H;;;;;/q8*-1;;;;;. The number of aromatic nitrogens is 8. The topological polar surface area (TPSA) is 103 Å². The van der Waals surface area contributed by atoms with E-state index in [1.54, 1.807) is 12.4 Å². The number of pyridine rings is 8. The van der Waals surface area contributed by atoms with E-state index in [0.717, 1.165) is 90.1 Å². The van der Waals surface area contributed by atoms with Crippen molar-refractivity contribution in [3.8, 4) is 146 Å². The van der Waals surface area contributed by atoms with Crippen molar-refractivity contribution in [3.05, 3.63) is 553 Å². The van der Waals surface area contributed by atoms with Crippen LogP contribution in [0, 0.1) is 76.2 Å². The predicted octanol–water partition coefficient (Wildman–Crippen LogP) is 32.5. The smallest absolute Gasteiger partial charge is 0.0242 e. The van der Waals surface area contributed by atoms with Crippen molar-refractivity contribution in [2.24, 2.45) is 0 Å². The molecule has 0 fully saturated rings. The van der Waals surface area contributed by atoms with Crippen LogP contribution in [0.3, 0.4) is 0 Å². The first-order valence-corrected chi connectivity index (χ1v) is 48.1. The maximum atomic E-state index is 4.55. The third-order valence-corrected chi connectivity index (χ3v) is 26.9. The zero-order valence-corrected chi connectivity index (χ0v) is 95.8. The van der Waals surface area contributed by atoms with Gasteiger partial charge in [-0.2, -0.15) is 0 Å². The number of hydrogen-bond donors (Lipinski definition) is 0. The number of fused-ring (bicyclic) bond motifs is 12. The van der Waals surface area contributed by atoms with E-state index < -0.39 is 0 Å². The minimum atomic E-state index is 0. The van der Waals surface area contributed by atoms with Gasteiger partial charge in [0, 0.05) is 156 Å². The van der Waals surface area contributed by atoms with Gasteiger partial charge in [0.25, 0.3) is 0 Å². The normalized spacial score (nSPS) is 12.3. The van der Waals surface area contributed by atoms with E-state index in [1.165, 1.54) is 122 Å². The third-order valence-electron chi connectivity index (χ3n) is 26.9. The molecule has 8 aromatic heterocycles. The number of hydrogen-bond acceptors (Lipinski definition) is 8. The molecule has 8 nitrogen and oxygen atoms in total. The molecule has 0 saturated heterocycles. The van der Waals surface area contributed by atoms with Crippen LogP contribution in [-0.4, -0.2) is 39.9 Å². The van der Waals surface area contributed by atoms with E-state index >= 15 is 0 Å². The molecular weight excluding hydrogens is 2680 g/mol. The zero-order chi connectivity index (χ0) is 98.2. The minimum absolute atomic E-state index is 0. The van der Waals surface area contributed by atoms with Crippen molar-refractivity contribution in [1.82, 2.24) is 39.9 Å². The first kappa shape index (κ1) is 111. The van der Waals surface area contributed by atoms with Crippen LogP contribution in [0.1, 0.15) is 122 Å². The van der Waals surface area contributed by atoms with Gasteiger partial charge in [0.05, 0.1) is 0 Å². The van der Waals surface area contributed by atoms with Crippen LogP contribution < -0.4 is 0 Å². The van der Waals surface area contributed by atoms with Gasteiger partial charge in [-0.25, -0.2) is 0 Å². The molecule has 4 aliphatic carbocycles. The van der Waals surface area contributed by atoms with E-state index in [2.05, 4.69) is 353 Å². The van der Waals surface area contributed by atoms with Gasteiger partial charge in [0.2, 0.25) is 0 Å². The molecule has 25 rings (SSSR count). The van der Waals surface area contributed by atoms with Gasteiger partial charge >= 0.3 is 0 Å². The van der Waals surface area contributed by atoms with Gasteiger partial charge in [-0.1, -0.05) is 317 Å². The second-order valence-electron chi connectivity index (χ2n) is 37.6. The molecule has 0 saturated carbocycles. The summed E-state index contributed by atoms with van der Waals surface area (Å²) in [5, 5.41) is 0. The van der Waals surface area contributed by atoms with Crippen molar-refractivity contribution >= 4 is 0 Å². The molecule has 5 radical (unpaired) electrons. The van der Waals surface area contributed by atoms with Crippen LogP contribution in [0.5, 0.6) is 0 Å². The van der Waals surface area contributed by atoms with Crippen molar-refractivity contribution in [2.45, 2.75) is 105 Å². The number of rotatable bonds is 9. The average Bonchev–Trinajstić information content (AvgIpc) is 1.60. The summed E-state index contributed by atoms with van der Waals surface area (Å²) in [6, 6.07) is 158. The summed E-state index contributed by atoms with van der Waals surface area (Å²) in [6.07, 6.45) is 14.7. The molecule has 13 aromatic carbocycles. The maximum absolute atomic E-state index is 4.55. The Labute approximate surface area is 935 Å². The molecular formula is C134H108Ir5N8-8. The minimum Gasteiger partial charge on any atom is -0.305 e. The fourth-order valence-corrected chi connectivity index (χ4v) is 19.3. The molecule has 8 heterocycles. The molecule has 21 aromatic rings. The van der Waals surface area contributed by atoms with Crippen LogP contribution >= 0.6 is 0 Å². The van der Waals surface area contributed by atoms with Crippen LogP contribution in [0.15, 0.2) is 438 Å². The van der Waals surface area contributed by atoms with Gasteiger partial charge in [-0.3, -0.25) is 0 Å². The Morgan fingerprint density at radius 2 is 0.435 bits per heavy atom. The van der Waals surface area contributed by atoms with Crippen molar-refractivity contribution in [3.63, 3.8) is 0 Å².